The van der Waals surface area contributed by atoms with Crippen LogP contribution in [0.1, 0.15) is 5.56 Å². The van der Waals surface area contributed by atoms with Gasteiger partial charge in [-0.3, -0.25) is 10.1 Å². The highest BCUT2D eigenvalue weighted by Gasteiger charge is 2.40. The first-order valence-electron chi connectivity index (χ1n) is 3.44. The second-order valence-corrected chi connectivity index (χ2v) is 3.38. The van der Waals surface area contributed by atoms with E-state index in [9.17, 15) is 23.3 Å². The molecule has 82 valence electrons. The summed E-state index contributed by atoms with van der Waals surface area (Å²) in [5.41, 5.74) is -2.64. The van der Waals surface area contributed by atoms with Crippen LogP contribution in [0.3, 0.4) is 0 Å². The molecule has 0 aliphatic rings. The minimum Gasteiger partial charge on any atom is -0.258 e. The summed E-state index contributed by atoms with van der Waals surface area (Å²) in [6, 6.07) is 1.35. The number of alkyl halides is 3. The van der Waals surface area contributed by atoms with Gasteiger partial charge in [-0.2, -0.15) is 13.2 Å². The Hall–Kier alpha value is -1.01. The molecule has 1 rings (SSSR count). The summed E-state index contributed by atoms with van der Waals surface area (Å²) in [4.78, 5) is 9.19. The molecule has 0 amide bonds. The number of nitro groups is 1. The lowest BCUT2D eigenvalue weighted by Crippen LogP contribution is -2.09. The van der Waals surface area contributed by atoms with E-state index in [2.05, 4.69) is 0 Å². The van der Waals surface area contributed by atoms with Crippen LogP contribution in [0, 0.1) is 10.1 Å². The third-order valence-corrected chi connectivity index (χ3v) is 2.02. The van der Waals surface area contributed by atoms with Crippen molar-refractivity contribution in [3.63, 3.8) is 0 Å². The van der Waals surface area contributed by atoms with Gasteiger partial charge in [0.2, 0.25) is 0 Å². The molecule has 0 unspecified atom stereocenters. The lowest BCUT2D eigenvalue weighted by atomic mass is 10.2. The van der Waals surface area contributed by atoms with Crippen LogP contribution in [0.4, 0.5) is 18.9 Å². The van der Waals surface area contributed by atoms with Gasteiger partial charge in [0.05, 0.1) is 4.92 Å². The van der Waals surface area contributed by atoms with Crippen LogP contribution >= 0.6 is 23.2 Å². The van der Waals surface area contributed by atoms with Crippen molar-refractivity contribution in [1.82, 2.24) is 0 Å². The van der Waals surface area contributed by atoms with Crippen LogP contribution in [0.5, 0.6) is 0 Å². The maximum absolute atomic E-state index is 12.3. The molecule has 0 saturated heterocycles. The van der Waals surface area contributed by atoms with Gasteiger partial charge in [0.25, 0.3) is 5.69 Å². The maximum atomic E-state index is 12.3. The van der Waals surface area contributed by atoms with Crippen molar-refractivity contribution in [2.24, 2.45) is 0 Å². The fraction of sp³-hybridized carbons (Fsp3) is 0.143. The lowest BCUT2D eigenvalue weighted by molar-refractivity contribution is -0.387. The molecule has 15 heavy (non-hydrogen) atoms. The van der Waals surface area contributed by atoms with Crippen LogP contribution in [0.25, 0.3) is 0 Å². The number of nitro benzene ring substituents is 1. The Labute approximate surface area is 91.6 Å². The van der Waals surface area contributed by atoms with Crippen LogP contribution in [0.15, 0.2) is 12.1 Å². The summed E-state index contributed by atoms with van der Waals surface area (Å²) in [5.74, 6) is 0. The molecule has 0 bridgehead atoms. The third-order valence-electron chi connectivity index (χ3n) is 1.52. The minimum absolute atomic E-state index is 0.307. The standard InChI is InChI=1S/C7H2Cl2F3NO2/c8-3-1-4(7(10,11)12)6(13(14)15)5(9)2-3/h1-2H. The molecule has 0 aliphatic heterocycles. The summed E-state index contributed by atoms with van der Waals surface area (Å²) >= 11 is 10.6. The van der Waals surface area contributed by atoms with E-state index < -0.39 is 27.4 Å². The van der Waals surface area contributed by atoms with E-state index in [1.165, 1.54) is 0 Å². The molecule has 0 aliphatic carbocycles. The second kappa shape index (κ2) is 3.86. The quantitative estimate of drug-likeness (QED) is 0.567. The molecule has 1 aromatic rings. The molecule has 8 heteroatoms. The summed E-state index contributed by atoms with van der Waals surface area (Å²) in [6.07, 6.45) is -4.86. The summed E-state index contributed by atoms with van der Waals surface area (Å²) in [7, 11) is 0. The average molecular weight is 260 g/mol. The number of halogens is 5. The van der Waals surface area contributed by atoms with Crippen molar-refractivity contribution in [3.8, 4) is 0 Å². The fourth-order valence-corrected chi connectivity index (χ4v) is 1.53. The van der Waals surface area contributed by atoms with Gasteiger partial charge in [0.15, 0.2) is 0 Å². The van der Waals surface area contributed by atoms with E-state index in [-0.39, 0.29) is 5.02 Å². The number of benzene rings is 1. The number of nitrogens with zero attached hydrogens (tertiary/aromatic N) is 1. The van der Waals surface area contributed by atoms with Crippen molar-refractivity contribution in [3.05, 3.63) is 37.9 Å². The number of rotatable bonds is 1. The largest absolute Gasteiger partial charge is 0.423 e. The molecular weight excluding hydrogens is 258 g/mol. The van der Waals surface area contributed by atoms with Crippen LogP contribution in [-0.4, -0.2) is 4.92 Å². The van der Waals surface area contributed by atoms with Gasteiger partial charge in [-0.1, -0.05) is 23.2 Å². The highest BCUT2D eigenvalue weighted by molar-refractivity contribution is 6.36. The van der Waals surface area contributed by atoms with Crippen molar-refractivity contribution in [1.29, 1.82) is 0 Å². The third kappa shape index (κ3) is 2.51. The summed E-state index contributed by atoms with van der Waals surface area (Å²) < 4.78 is 37.0. The number of hydrogen-bond donors (Lipinski definition) is 0. The maximum Gasteiger partial charge on any atom is 0.423 e. The molecule has 0 saturated carbocycles. The monoisotopic (exact) mass is 259 g/mol. The summed E-state index contributed by atoms with van der Waals surface area (Å²) in [5, 5.41) is 9.43. The van der Waals surface area contributed by atoms with Crippen molar-refractivity contribution in [2.75, 3.05) is 0 Å². The Bertz CT molecular complexity index is 419. The lowest BCUT2D eigenvalue weighted by Gasteiger charge is -2.08. The van der Waals surface area contributed by atoms with E-state index >= 15 is 0 Å². The van der Waals surface area contributed by atoms with Gasteiger partial charge in [-0.05, 0) is 12.1 Å². The van der Waals surface area contributed by atoms with E-state index in [1.54, 1.807) is 0 Å². The Kier molecular flexibility index (Phi) is 3.11. The van der Waals surface area contributed by atoms with Gasteiger partial charge >= 0.3 is 6.18 Å². The smallest absolute Gasteiger partial charge is 0.258 e. The van der Waals surface area contributed by atoms with E-state index in [4.69, 9.17) is 23.2 Å². The zero-order valence-electron chi connectivity index (χ0n) is 6.81. The fourth-order valence-electron chi connectivity index (χ4n) is 0.968. The first kappa shape index (κ1) is 12.1. The Morgan fingerprint density at radius 3 is 2.20 bits per heavy atom. The van der Waals surface area contributed by atoms with Gasteiger partial charge in [-0.25, -0.2) is 0 Å². The first-order valence-corrected chi connectivity index (χ1v) is 4.19. The van der Waals surface area contributed by atoms with Gasteiger partial charge in [0.1, 0.15) is 10.6 Å². The van der Waals surface area contributed by atoms with Crippen molar-refractivity contribution >= 4 is 28.9 Å². The van der Waals surface area contributed by atoms with Gasteiger partial charge in [0, 0.05) is 5.02 Å². The Morgan fingerprint density at radius 2 is 1.80 bits per heavy atom. The molecule has 0 aromatic heterocycles. The van der Waals surface area contributed by atoms with Crippen molar-refractivity contribution < 1.29 is 18.1 Å². The minimum atomic E-state index is -4.86. The molecule has 0 atom stereocenters. The molecule has 0 radical (unpaired) electrons. The van der Waals surface area contributed by atoms with Crippen LogP contribution < -0.4 is 0 Å². The molecule has 3 nitrogen and oxygen atoms in total. The first-order chi connectivity index (χ1) is 6.73. The number of hydrogen-bond acceptors (Lipinski definition) is 2. The molecule has 0 spiro atoms. The topological polar surface area (TPSA) is 43.1 Å². The van der Waals surface area contributed by atoms with Crippen molar-refractivity contribution in [2.45, 2.75) is 6.18 Å². The average Bonchev–Trinajstić information content (AvgIpc) is 1.99. The SMILES string of the molecule is O=[N+]([O-])c1c(Cl)cc(Cl)cc1C(F)(F)F. The highest BCUT2D eigenvalue weighted by Crippen LogP contribution is 2.41. The zero-order valence-corrected chi connectivity index (χ0v) is 8.32. The molecule has 0 heterocycles. The summed E-state index contributed by atoms with van der Waals surface area (Å²) in [6.45, 7) is 0. The molecular formula is C7H2Cl2F3NO2. The van der Waals surface area contributed by atoms with E-state index in [0.717, 1.165) is 6.07 Å². The second-order valence-electron chi connectivity index (χ2n) is 2.54. The van der Waals surface area contributed by atoms with E-state index in [0.29, 0.717) is 6.07 Å². The Morgan fingerprint density at radius 1 is 1.27 bits per heavy atom. The predicted molar refractivity (Wildman–Crippen MR) is 48.1 cm³/mol. The molecule has 1 aromatic carbocycles. The van der Waals surface area contributed by atoms with E-state index in [1.807, 2.05) is 0 Å². The highest BCUT2D eigenvalue weighted by atomic mass is 35.5. The normalized spacial score (nSPS) is 11.5. The predicted octanol–water partition coefficient (Wildman–Crippen LogP) is 3.92. The van der Waals surface area contributed by atoms with Crippen LogP contribution in [0.2, 0.25) is 10.0 Å². The van der Waals surface area contributed by atoms with Gasteiger partial charge < -0.3 is 0 Å². The Balaban J connectivity index is 3.54. The molecule has 0 fully saturated rings. The van der Waals surface area contributed by atoms with Crippen LogP contribution in [-0.2, 0) is 6.18 Å². The zero-order chi connectivity index (χ0) is 11.8. The van der Waals surface area contributed by atoms with Gasteiger partial charge in [-0.15, -0.1) is 0 Å². The molecule has 0 N–H and O–H groups in total.